The van der Waals surface area contributed by atoms with Gasteiger partial charge in [-0.3, -0.25) is 4.98 Å². The standard InChI is InChI=1S/C17H18BNO2/c1-2-7-17-16(6-1)20-18(21-17)15-5-3-4-14(12-15)13-8-10-19-11-9-13/h1-2,6-11,14-15H,3-5,12H2. The molecule has 0 amide bonds. The summed E-state index contributed by atoms with van der Waals surface area (Å²) in [5, 5.41) is 0. The minimum absolute atomic E-state index is 0.118. The summed E-state index contributed by atoms with van der Waals surface area (Å²) in [6.07, 6.45) is 8.56. The van der Waals surface area contributed by atoms with E-state index < -0.39 is 0 Å². The highest BCUT2D eigenvalue weighted by atomic mass is 16.6. The molecule has 1 aromatic heterocycles. The van der Waals surface area contributed by atoms with Crippen molar-refractivity contribution in [3.63, 3.8) is 0 Å². The summed E-state index contributed by atoms with van der Waals surface area (Å²) >= 11 is 0. The lowest BCUT2D eigenvalue weighted by molar-refractivity contribution is 0.380. The van der Waals surface area contributed by atoms with Crippen LogP contribution in [-0.4, -0.2) is 12.1 Å². The van der Waals surface area contributed by atoms with E-state index in [0.29, 0.717) is 11.7 Å². The smallest absolute Gasteiger partial charge is 0.523 e. The summed E-state index contributed by atoms with van der Waals surface area (Å²) < 4.78 is 12.0. The number of hydrogen-bond donors (Lipinski definition) is 0. The molecule has 2 heterocycles. The molecular formula is C17H18BNO2. The number of hydrogen-bond acceptors (Lipinski definition) is 3. The molecule has 1 aliphatic carbocycles. The summed E-state index contributed by atoms with van der Waals surface area (Å²) in [6.45, 7) is 0. The van der Waals surface area contributed by atoms with Crippen LogP contribution in [0.4, 0.5) is 0 Å². The van der Waals surface area contributed by atoms with E-state index >= 15 is 0 Å². The molecule has 2 atom stereocenters. The Hall–Kier alpha value is -1.97. The lowest BCUT2D eigenvalue weighted by Gasteiger charge is -2.29. The van der Waals surface area contributed by atoms with Crippen molar-refractivity contribution in [3.8, 4) is 11.5 Å². The summed E-state index contributed by atoms with van der Waals surface area (Å²) in [7, 11) is -0.118. The molecule has 1 aliphatic heterocycles. The van der Waals surface area contributed by atoms with Crippen LogP contribution < -0.4 is 9.31 Å². The normalized spacial score (nSPS) is 24.1. The number of para-hydroxylation sites is 2. The first-order valence-electron chi connectivity index (χ1n) is 7.72. The van der Waals surface area contributed by atoms with E-state index in [9.17, 15) is 0 Å². The van der Waals surface area contributed by atoms with Crippen molar-refractivity contribution in [1.29, 1.82) is 0 Å². The highest BCUT2D eigenvalue weighted by molar-refractivity contribution is 6.49. The van der Waals surface area contributed by atoms with Gasteiger partial charge in [-0.15, -0.1) is 0 Å². The number of fused-ring (bicyclic) bond motifs is 1. The summed E-state index contributed by atoms with van der Waals surface area (Å²) in [4.78, 5) is 4.11. The van der Waals surface area contributed by atoms with Gasteiger partial charge in [0.2, 0.25) is 0 Å². The quantitative estimate of drug-likeness (QED) is 0.776. The summed E-state index contributed by atoms with van der Waals surface area (Å²) in [5.74, 6) is 2.83. The first-order chi connectivity index (χ1) is 10.4. The number of aromatic nitrogens is 1. The molecule has 0 radical (unpaired) electrons. The predicted octanol–water partition coefficient (Wildman–Crippen LogP) is 4.07. The Labute approximate surface area is 125 Å². The largest absolute Gasteiger partial charge is 0.598 e. The fraction of sp³-hybridized carbons (Fsp3) is 0.353. The maximum absolute atomic E-state index is 6.00. The Bertz CT molecular complexity index is 594. The third-order valence-corrected chi connectivity index (χ3v) is 4.61. The molecule has 0 saturated heterocycles. The van der Waals surface area contributed by atoms with Crippen LogP contribution in [0.2, 0.25) is 5.82 Å². The molecule has 1 saturated carbocycles. The lowest BCUT2D eigenvalue weighted by atomic mass is 9.61. The van der Waals surface area contributed by atoms with E-state index in [1.54, 1.807) is 0 Å². The molecule has 1 aromatic carbocycles. The van der Waals surface area contributed by atoms with Gasteiger partial charge in [0.05, 0.1) is 0 Å². The van der Waals surface area contributed by atoms with Gasteiger partial charge in [-0.25, -0.2) is 0 Å². The van der Waals surface area contributed by atoms with Crippen LogP contribution in [-0.2, 0) is 0 Å². The first kappa shape index (κ1) is 12.8. The third-order valence-electron chi connectivity index (χ3n) is 4.61. The van der Waals surface area contributed by atoms with Crippen LogP contribution in [0.25, 0.3) is 0 Å². The molecule has 4 heteroatoms. The number of pyridine rings is 1. The van der Waals surface area contributed by atoms with Crippen molar-refractivity contribution in [3.05, 3.63) is 54.4 Å². The second kappa shape index (κ2) is 5.43. The number of benzene rings is 1. The van der Waals surface area contributed by atoms with Gasteiger partial charge in [-0.1, -0.05) is 18.6 Å². The van der Waals surface area contributed by atoms with Crippen LogP contribution in [0, 0.1) is 0 Å². The van der Waals surface area contributed by atoms with E-state index in [1.165, 1.54) is 24.8 Å². The highest BCUT2D eigenvalue weighted by Gasteiger charge is 2.42. The van der Waals surface area contributed by atoms with Gasteiger partial charge in [-0.2, -0.15) is 0 Å². The van der Waals surface area contributed by atoms with Crippen molar-refractivity contribution in [1.82, 2.24) is 4.98 Å². The number of nitrogens with zero attached hydrogens (tertiary/aromatic N) is 1. The van der Waals surface area contributed by atoms with Gasteiger partial charge < -0.3 is 9.31 Å². The Morgan fingerprint density at radius 1 is 0.952 bits per heavy atom. The second-order valence-corrected chi connectivity index (χ2v) is 5.95. The monoisotopic (exact) mass is 279 g/mol. The molecule has 2 aromatic rings. The first-order valence-corrected chi connectivity index (χ1v) is 7.72. The topological polar surface area (TPSA) is 31.4 Å². The van der Waals surface area contributed by atoms with Crippen LogP contribution in [0.3, 0.4) is 0 Å². The van der Waals surface area contributed by atoms with Gasteiger partial charge in [0.25, 0.3) is 0 Å². The maximum atomic E-state index is 6.00. The molecule has 0 bridgehead atoms. The molecule has 106 valence electrons. The maximum Gasteiger partial charge on any atom is 0.598 e. The number of rotatable bonds is 2. The molecule has 2 aliphatic rings. The Kier molecular flexibility index (Phi) is 3.30. The molecule has 4 rings (SSSR count). The van der Waals surface area contributed by atoms with Gasteiger partial charge >= 0.3 is 7.12 Å². The van der Waals surface area contributed by atoms with E-state index in [0.717, 1.165) is 17.9 Å². The van der Waals surface area contributed by atoms with Gasteiger partial charge in [-0.05, 0) is 55.0 Å². The summed E-state index contributed by atoms with van der Waals surface area (Å²) in [5.41, 5.74) is 1.39. The fourth-order valence-electron chi connectivity index (χ4n) is 3.52. The van der Waals surface area contributed by atoms with Crippen LogP contribution >= 0.6 is 0 Å². The highest BCUT2D eigenvalue weighted by Crippen LogP contribution is 2.44. The van der Waals surface area contributed by atoms with Crippen molar-refractivity contribution < 1.29 is 9.31 Å². The fourth-order valence-corrected chi connectivity index (χ4v) is 3.52. The Balaban J connectivity index is 1.48. The third kappa shape index (κ3) is 2.50. The van der Waals surface area contributed by atoms with Gasteiger partial charge in [0.1, 0.15) is 11.5 Å². The molecule has 0 N–H and O–H groups in total. The van der Waals surface area contributed by atoms with Gasteiger partial charge in [0, 0.05) is 18.2 Å². The Morgan fingerprint density at radius 2 is 1.67 bits per heavy atom. The second-order valence-electron chi connectivity index (χ2n) is 5.95. The molecule has 0 spiro atoms. The summed E-state index contributed by atoms with van der Waals surface area (Å²) in [6, 6.07) is 12.2. The Morgan fingerprint density at radius 3 is 2.38 bits per heavy atom. The zero-order chi connectivity index (χ0) is 14.1. The molecule has 21 heavy (non-hydrogen) atoms. The van der Waals surface area contributed by atoms with E-state index in [4.69, 9.17) is 9.31 Å². The average molecular weight is 279 g/mol. The average Bonchev–Trinajstić information content (AvgIpc) is 3.00. The zero-order valence-electron chi connectivity index (χ0n) is 11.9. The molecule has 1 fully saturated rings. The molecule has 2 unspecified atom stereocenters. The van der Waals surface area contributed by atoms with E-state index in [-0.39, 0.29) is 7.12 Å². The van der Waals surface area contributed by atoms with E-state index in [1.807, 2.05) is 36.7 Å². The predicted molar refractivity (Wildman–Crippen MR) is 82.6 cm³/mol. The SMILES string of the molecule is c1ccc2c(c1)OB(C1CCCC(c3ccncc3)C1)O2. The molecular weight excluding hydrogens is 261 g/mol. The van der Waals surface area contributed by atoms with Crippen LogP contribution in [0.5, 0.6) is 11.5 Å². The van der Waals surface area contributed by atoms with Crippen molar-refractivity contribution in [2.24, 2.45) is 0 Å². The molecule has 3 nitrogen and oxygen atoms in total. The van der Waals surface area contributed by atoms with Gasteiger partial charge in [0.15, 0.2) is 0 Å². The van der Waals surface area contributed by atoms with Crippen molar-refractivity contribution in [2.75, 3.05) is 0 Å². The van der Waals surface area contributed by atoms with Crippen LogP contribution in [0.15, 0.2) is 48.8 Å². The minimum atomic E-state index is -0.118. The minimum Gasteiger partial charge on any atom is -0.523 e. The zero-order valence-corrected chi connectivity index (χ0v) is 11.9. The van der Waals surface area contributed by atoms with Crippen molar-refractivity contribution in [2.45, 2.75) is 37.4 Å². The van der Waals surface area contributed by atoms with Crippen molar-refractivity contribution >= 4 is 7.12 Å². The van der Waals surface area contributed by atoms with Crippen LogP contribution in [0.1, 0.15) is 37.2 Å². The lowest BCUT2D eigenvalue weighted by Crippen LogP contribution is -2.33. The van der Waals surface area contributed by atoms with E-state index in [2.05, 4.69) is 17.1 Å².